The average molecular weight is 244 g/mol. The topological polar surface area (TPSA) is 46.6 Å². The molecule has 6 heteroatoms. The van der Waals surface area contributed by atoms with Crippen LogP contribution in [0.2, 0.25) is 5.02 Å². The van der Waals surface area contributed by atoms with Gasteiger partial charge >= 0.3 is 11.9 Å². The van der Waals surface area contributed by atoms with Crippen molar-refractivity contribution in [1.29, 1.82) is 0 Å². The first-order chi connectivity index (χ1) is 7.59. The van der Waals surface area contributed by atoms with Crippen molar-refractivity contribution in [2.75, 3.05) is 18.1 Å². The number of amides is 1. The third-order valence-corrected chi connectivity index (χ3v) is 2.47. The highest BCUT2D eigenvalue weighted by atomic mass is 35.5. The molecule has 0 unspecified atom stereocenters. The molecule has 0 atom stereocenters. The second kappa shape index (κ2) is 4.09. The number of nitrogens with zero attached hydrogens (tertiary/aromatic N) is 1. The summed E-state index contributed by atoms with van der Waals surface area (Å²) in [6.07, 6.45) is 0. The third kappa shape index (κ3) is 1.86. The summed E-state index contributed by atoms with van der Waals surface area (Å²) in [5.41, 5.74) is 0.382. The van der Waals surface area contributed by atoms with Crippen LogP contribution in [-0.4, -0.2) is 25.0 Å². The van der Waals surface area contributed by atoms with Crippen molar-refractivity contribution in [2.24, 2.45) is 0 Å². The molecule has 0 spiro atoms. The smallest absolute Gasteiger partial charge is 0.397 e. The zero-order valence-electron chi connectivity index (χ0n) is 8.07. The van der Waals surface area contributed by atoms with Crippen LogP contribution in [0.5, 0.6) is 0 Å². The number of ether oxygens (including phenoxy) is 1. The Morgan fingerprint density at radius 3 is 2.81 bits per heavy atom. The molecule has 0 N–H and O–H groups in total. The van der Waals surface area contributed by atoms with E-state index in [1.165, 1.54) is 17.0 Å². The van der Waals surface area contributed by atoms with Crippen LogP contribution >= 0.6 is 11.6 Å². The van der Waals surface area contributed by atoms with Crippen LogP contribution in [0, 0.1) is 5.82 Å². The second-order valence-electron chi connectivity index (χ2n) is 3.19. The van der Waals surface area contributed by atoms with Gasteiger partial charge in [-0.2, -0.15) is 0 Å². The number of hydrogen-bond acceptors (Lipinski definition) is 3. The fourth-order valence-corrected chi connectivity index (χ4v) is 1.58. The van der Waals surface area contributed by atoms with Gasteiger partial charge in [-0.3, -0.25) is 9.69 Å². The fraction of sp³-hybridized carbons (Fsp3) is 0.200. The molecule has 0 aromatic heterocycles. The van der Waals surface area contributed by atoms with Crippen LogP contribution in [0.1, 0.15) is 0 Å². The summed E-state index contributed by atoms with van der Waals surface area (Å²) >= 11 is 5.59. The molecule has 0 bridgehead atoms. The summed E-state index contributed by atoms with van der Waals surface area (Å²) in [5.74, 6) is -2.25. The maximum Gasteiger partial charge on any atom is 0.397 e. The van der Waals surface area contributed by atoms with E-state index in [-0.39, 0.29) is 18.2 Å². The maximum atomic E-state index is 12.9. The number of carbonyl (C=O) groups excluding carboxylic acids is 2. The summed E-state index contributed by atoms with van der Waals surface area (Å²) < 4.78 is 17.5. The minimum Gasteiger partial charge on any atom is -0.457 e. The zero-order valence-corrected chi connectivity index (χ0v) is 8.83. The van der Waals surface area contributed by atoms with Gasteiger partial charge < -0.3 is 4.74 Å². The number of cyclic esters (lactones) is 1. The first-order valence-electron chi connectivity index (χ1n) is 4.53. The van der Waals surface area contributed by atoms with Crippen molar-refractivity contribution in [3.05, 3.63) is 29.0 Å². The summed E-state index contributed by atoms with van der Waals surface area (Å²) in [7, 11) is 0. The van der Waals surface area contributed by atoms with Gasteiger partial charge in [-0.25, -0.2) is 9.18 Å². The number of rotatable bonds is 1. The minimum absolute atomic E-state index is 0.0933. The highest BCUT2D eigenvalue weighted by Gasteiger charge is 2.29. The largest absolute Gasteiger partial charge is 0.457 e. The minimum atomic E-state index is -0.910. The number of benzene rings is 1. The molecule has 1 aliphatic rings. The Kier molecular flexibility index (Phi) is 2.78. The van der Waals surface area contributed by atoms with Gasteiger partial charge in [0.15, 0.2) is 0 Å². The van der Waals surface area contributed by atoms with Crippen LogP contribution in [-0.2, 0) is 14.3 Å². The fourth-order valence-electron chi connectivity index (χ4n) is 1.40. The zero-order chi connectivity index (χ0) is 11.7. The maximum absolute atomic E-state index is 12.9. The molecule has 1 saturated heterocycles. The van der Waals surface area contributed by atoms with E-state index in [4.69, 9.17) is 11.6 Å². The van der Waals surface area contributed by atoms with Gasteiger partial charge in [0.05, 0.1) is 11.6 Å². The highest BCUT2D eigenvalue weighted by molar-refractivity contribution is 6.39. The number of halogens is 2. The van der Waals surface area contributed by atoms with Crippen molar-refractivity contribution < 1.29 is 18.7 Å². The molecule has 0 saturated carbocycles. The van der Waals surface area contributed by atoms with E-state index in [0.29, 0.717) is 5.69 Å². The Labute approximate surface area is 95.6 Å². The summed E-state index contributed by atoms with van der Waals surface area (Å²) in [6, 6.07) is 3.83. The van der Waals surface area contributed by atoms with E-state index in [1.54, 1.807) is 0 Å². The Balaban J connectivity index is 2.32. The Bertz CT molecular complexity index is 463. The Morgan fingerprint density at radius 1 is 1.38 bits per heavy atom. The van der Waals surface area contributed by atoms with Crippen LogP contribution in [0.25, 0.3) is 0 Å². The number of anilines is 1. The quantitative estimate of drug-likeness (QED) is 0.553. The lowest BCUT2D eigenvalue weighted by atomic mass is 10.2. The molecule has 1 aromatic carbocycles. The van der Waals surface area contributed by atoms with Crippen molar-refractivity contribution in [2.45, 2.75) is 0 Å². The van der Waals surface area contributed by atoms with Gasteiger partial charge in [0, 0.05) is 5.69 Å². The van der Waals surface area contributed by atoms with Crippen molar-refractivity contribution in [1.82, 2.24) is 0 Å². The molecule has 0 aliphatic carbocycles. The van der Waals surface area contributed by atoms with Gasteiger partial charge in [0.1, 0.15) is 12.4 Å². The molecule has 16 heavy (non-hydrogen) atoms. The average Bonchev–Trinajstić information content (AvgIpc) is 2.26. The molecule has 1 aliphatic heterocycles. The van der Waals surface area contributed by atoms with Gasteiger partial charge in [0.2, 0.25) is 0 Å². The van der Waals surface area contributed by atoms with E-state index in [2.05, 4.69) is 4.74 Å². The first kappa shape index (κ1) is 10.9. The molecule has 2 rings (SSSR count). The van der Waals surface area contributed by atoms with Gasteiger partial charge in [-0.05, 0) is 18.2 Å². The first-order valence-corrected chi connectivity index (χ1v) is 4.91. The number of morpholine rings is 1. The SMILES string of the molecule is O=C1OCCN(c2ccc(F)c(Cl)c2)C1=O. The van der Waals surface area contributed by atoms with Crippen LogP contribution in [0.15, 0.2) is 18.2 Å². The summed E-state index contributed by atoms with van der Waals surface area (Å²) in [6.45, 7) is 0.367. The van der Waals surface area contributed by atoms with Crippen molar-refractivity contribution in [3.63, 3.8) is 0 Å². The predicted molar refractivity (Wildman–Crippen MR) is 54.7 cm³/mol. The van der Waals surface area contributed by atoms with Gasteiger partial charge in [0.25, 0.3) is 0 Å². The lowest BCUT2D eigenvalue weighted by Crippen LogP contribution is -2.45. The monoisotopic (exact) mass is 243 g/mol. The number of carbonyl (C=O) groups is 2. The van der Waals surface area contributed by atoms with Crippen molar-refractivity contribution in [3.8, 4) is 0 Å². The van der Waals surface area contributed by atoms with E-state index in [0.717, 1.165) is 6.07 Å². The van der Waals surface area contributed by atoms with E-state index in [1.807, 2.05) is 0 Å². The Hall–Kier alpha value is -1.62. The molecular weight excluding hydrogens is 237 g/mol. The van der Waals surface area contributed by atoms with E-state index < -0.39 is 17.7 Å². The highest BCUT2D eigenvalue weighted by Crippen LogP contribution is 2.23. The molecule has 1 amide bonds. The lowest BCUT2D eigenvalue weighted by molar-refractivity contribution is -0.156. The molecule has 84 valence electrons. The molecule has 0 radical (unpaired) electrons. The summed E-state index contributed by atoms with van der Waals surface area (Å²) in [5, 5.41) is -0.0933. The van der Waals surface area contributed by atoms with Crippen LogP contribution < -0.4 is 4.90 Å². The predicted octanol–water partition coefficient (Wildman–Crippen LogP) is 1.37. The van der Waals surface area contributed by atoms with Crippen LogP contribution in [0.4, 0.5) is 10.1 Å². The third-order valence-electron chi connectivity index (χ3n) is 2.18. The molecular formula is C10H7ClFNO3. The summed E-state index contributed by atoms with van der Waals surface area (Å²) in [4.78, 5) is 23.7. The number of hydrogen-bond donors (Lipinski definition) is 0. The normalized spacial score (nSPS) is 16.2. The molecule has 4 nitrogen and oxygen atoms in total. The van der Waals surface area contributed by atoms with Gasteiger partial charge in [-0.15, -0.1) is 0 Å². The van der Waals surface area contributed by atoms with Crippen LogP contribution in [0.3, 0.4) is 0 Å². The van der Waals surface area contributed by atoms with Gasteiger partial charge in [-0.1, -0.05) is 11.6 Å². The second-order valence-corrected chi connectivity index (χ2v) is 3.60. The standard InChI is InChI=1S/C10H7ClFNO3/c11-7-5-6(1-2-8(7)12)13-3-4-16-10(15)9(13)14/h1-2,5H,3-4H2. The molecule has 1 heterocycles. The van der Waals surface area contributed by atoms with E-state index in [9.17, 15) is 14.0 Å². The molecule has 1 aromatic rings. The van der Waals surface area contributed by atoms with Crippen molar-refractivity contribution >= 4 is 29.2 Å². The Morgan fingerprint density at radius 2 is 2.12 bits per heavy atom. The lowest BCUT2D eigenvalue weighted by Gasteiger charge is -2.25. The number of esters is 1. The molecule has 1 fully saturated rings. The van der Waals surface area contributed by atoms with E-state index >= 15 is 0 Å².